The topological polar surface area (TPSA) is 80.0 Å². The zero-order valence-electron chi connectivity index (χ0n) is 9.29. The van der Waals surface area contributed by atoms with E-state index in [0.29, 0.717) is 12.4 Å². The second kappa shape index (κ2) is 4.65. The van der Waals surface area contributed by atoms with Gasteiger partial charge in [0, 0.05) is 19.4 Å². The minimum atomic E-state index is -0.962. The third kappa shape index (κ3) is 2.60. The average Bonchev–Trinajstić information content (AvgIpc) is 2.72. The quantitative estimate of drug-likeness (QED) is 0.825. The van der Waals surface area contributed by atoms with E-state index in [1.54, 1.807) is 10.9 Å². The second-order valence-electron chi connectivity index (χ2n) is 3.53. The molecule has 0 fully saturated rings. The summed E-state index contributed by atoms with van der Waals surface area (Å²) in [6, 6.07) is 4.84. The van der Waals surface area contributed by atoms with E-state index in [2.05, 4.69) is 15.4 Å². The summed E-state index contributed by atoms with van der Waals surface area (Å²) >= 11 is 0. The Morgan fingerprint density at radius 1 is 1.47 bits per heavy atom. The summed E-state index contributed by atoms with van der Waals surface area (Å²) in [7, 11) is 1.85. The number of nitrogens with one attached hydrogen (secondary N) is 1. The lowest BCUT2D eigenvalue weighted by Gasteiger charge is -2.06. The SMILES string of the molecule is Cn1nccc1CNc1cc(C(=O)O)ccn1. The van der Waals surface area contributed by atoms with Gasteiger partial charge < -0.3 is 10.4 Å². The van der Waals surface area contributed by atoms with Crippen LogP contribution < -0.4 is 5.32 Å². The lowest BCUT2D eigenvalue weighted by atomic mass is 10.2. The van der Waals surface area contributed by atoms with Crippen molar-refractivity contribution in [2.24, 2.45) is 7.05 Å². The summed E-state index contributed by atoms with van der Waals surface area (Å²) in [5.41, 5.74) is 1.21. The van der Waals surface area contributed by atoms with Crippen molar-refractivity contribution in [2.45, 2.75) is 6.54 Å². The molecule has 0 aromatic carbocycles. The number of pyridine rings is 1. The van der Waals surface area contributed by atoms with Gasteiger partial charge in [-0.25, -0.2) is 9.78 Å². The molecule has 6 heteroatoms. The predicted molar refractivity (Wildman–Crippen MR) is 61.7 cm³/mol. The molecule has 2 N–H and O–H groups in total. The summed E-state index contributed by atoms with van der Waals surface area (Å²) in [5, 5.41) is 15.9. The van der Waals surface area contributed by atoms with Crippen molar-refractivity contribution in [3.63, 3.8) is 0 Å². The maximum atomic E-state index is 10.8. The number of aromatic nitrogens is 3. The Bertz CT molecular complexity index is 536. The van der Waals surface area contributed by atoms with E-state index in [4.69, 9.17) is 5.11 Å². The first kappa shape index (κ1) is 11.1. The molecular formula is C11H12N4O2. The molecule has 0 radical (unpaired) electrons. The van der Waals surface area contributed by atoms with Gasteiger partial charge in [0.15, 0.2) is 0 Å². The van der Waals surface area contributed by atoms with Crippen molar-refractivity contribution in [3.05, 3.63) is 41.9 Å². The molecule has 17 heavy (non-hydrogen) atoms. The van der Waals surface area contributed by atoms with Crippen molar-refractivity contribution in [1.29, 1.82) is 0 Å². The summed E-state index contributed by atoms with van der Waals surface area (Å²) in [5.74, 6) is -0.429. The highest BCUT2D eigenvalue weighted by atomic mass is 16.4. The zero-order valence-corrected chi connectivity index (χ0v) is 9.29. The minimum absolute atomic E-state index is 0.215. The highest BCUT2D eigenvalue weighted by Crippen LogP contribution is 2.08. The molecule has 2 heterocycles. The van der Waals surface area contributed by atoms with E-state index in [1.807, 2.05) is 13.1 Å². The van der Waals surface area contributed by atoms with Crippen molar-refractivity contribution in [2.75, 3.05) is 5.32 Å². The van der Waals surface area contributed by atoms with E-state index in [-0.39, 0.29) is 5.56 Å². The Labute approximate surface area is 97.9 Å². The fraction of sp³-hybridized carbons (Fsp3) is 0.182. The molecule has 0 unspecified atom stereocenters. The summed E-state index contributed by atoms with van der Waals surface area (Å²) in [4.78, 5) is 14.8. The van der Waals surface area contributed by atoms with Gasteiger partial charge >= 0.3 is 5.97 Å². The van der Waals surface area contributed by atoms with Gasteiger partial charge in [0.05, 0.1) is 17.8 Å². The lowest BCUT2D eigenvalue weighted by molar-refractivity contribution is 0.0697. The third-order valence-electron chi connectivity index (χ3n) is 2.38. The number of carboxylic acid groups (broad SMARTS) is 1. The van der Waals surface area contributed by atoms with E-state index < -0.39 is 5.97 Å². The number of anilines is 1. The maximum absolute atomic E-state index is 10.8. The van der Waals surface area contributed by atoms with Gasteiger partial charge in [-0.05, 0) is 18.2 Å². The third-order valence-corrected chi connectivity index (χ3v) is 2.38. The molecule has 2 aromatic heterocycles. The molecule has 0 bridgehead atoms. The van der Waals surface area contributed by atoms with E-state index in [0.717, 1.165) is 5.69 Å². The highest BCUT2D eigenvalue weighted by molar-refractivity contribution is 5.88. The zero-order chi connectivity index (χ0) is 12.3. The van der Waals surface area contributed by atoms with Crippen LogP contribution in [0.1, 0.15) is 16.1 Å². The number of rotatable bonds is 4. The van der Waals surface area contributed by atoms with Gasteiger partial charge in [0.1, 0.15) is 5.82 Å². The van der Waals surface area contributed by atoms with Crippen LogP contribution in [0.3, 0.4) is 0 Å². The van der Waals surface area contributed by atoms with Gasteiger partial charge in [0.2, 0.25) is 0 Å². The van der Waals surface area contributed by atoms with Gasteiger partial charge in [-0.1, -0.05) is 0 Å². The Morgan fingerprint density at radius 2 is 2.29 bits per heavy atom. The van der Waals surface area contributed by atoms with Gasteiger partial charge in [-0.3, -0.25) is 4.68 Å². The Balaban J connectivity index is 2.07. The first-order valence-electron chi connectivity index (χ1n) is 5.07. The average molecular weight is 232 g/mol. The van der Waals surface area contributed by atoms with Gasteiger partial charge in [-0.2, -0.15) is 5.10 Å². The Hall–Kier alpha value is -2.37. The standard InChI is InChI=1S/C11H12N4O2/c1-15-9(3-5-14-15)7-13-10-6-8(11(16)17)2-4-12-10/h2-6H,7H2,1H3,(H,12,13)(H,16,17). The van der Waals surface area contributed by atoms with Crippen LogP contribution in [-0.2, 0) is 13.6 Å². The van der Waals surface area contributed by atoms with E-state index in [1.165, 1.54) is 18.3 Å². The predicted octanol–water partition coefficient (Wildman–Crippen LogP) is 1.13. The van der Waals surface area contributed by atoms with E-state index >= 15 is 0 Å². The first-order chi connectivity index (χ1) is 8.16. The van der Waals surface area contributed by atoms with Crippen LogP contribution in [0.5, 0.6) is 0 Å². The minimum Gasteiger partial charge on any atom is -0.478 e. The summed E-state index contributed by atoms with van der Waals surface area (Å²) < 4.78 is 1.74. The molecule has 0 saturated heterocycles. The van der Waals surface area contributed by atoms with Crippen LogP contribution in [-0.4, -0.2) is 25.8 Å². The van der Waals surface area contributed by atoms with Crippen molar-refractivity contribution in [1.82, 2.24) is 14.8 Å². The monoisotopic (exact) mass is 232 g/mol. The first-order valence-corrected chi connectivity index (χ1v) is 5.07. The summed E-state index contributed by atoms with van der Waals surface area (Å²) in [6.45, 7) is 0.548. The van der Waals surface area contributed by atoms with Crippen LogP contribution in [0.2, 0.25) is 0 Å². The fourth-order valence-corrected chi connectivity index (χ4v) is 1.42. The fourth-order valence-electron chi connectivity index (χ4n) is 1.42. The lowest BCUT2D eigenvalue weighted by Crippen LogP contribution is -2.07. The summed E-state index contributed by atoms with van der Waals surface area (Å²) in [6.07, 6.45) is 3.17. The second-order valence-corrected chi connectivity index (χ2v) is 3.53. The number of aryl methyl sites for hydroxylation is 1. The molecule has 6 nitrogen and oxygen atoms in total. The molecule has 0 aliphatic rings. The van der Waals surface area contributed by atoms with E-state index in [9.17, 15) is 4.79 Å². The van der Waals surface area contributed by atoms with Gasteiger partial charge in [-0.15, -0.1) is 0 Å². The Morgan fingerprint density at radius 3 is 2.94 bits per heavy atom. The smallest absolute Gasteiger partial charge is 0.335 e. The molecule has 88 valence electrons. The molecule has 0 atom stereocenters. The molecule has 0 saturated carbocycles. The molecule has 0 aliphatic carbocycles. The van der Waals surface area contributed by atoms with Crippen LogP contribution in [0, 0.1) is 0 Å². The van der Waals surface area contributed by atoms with Crippen molar-refractivity contribution >= 4 is 11.8 Å². The number of carbonyl (C=O) groups is 1. The number of nitrogens with zero attached hydrogens (tertiary/aromatic N) is 3. The number of aromatic carboxylic acids is 1. The van der Waals surface area contributed by atoms with Gasteiger partial charge in [0.25, 0.3) is 0 Å². The molecule has 2 rings (SSSR count). The highest BCUT2D eigenvalue weighted by Gasteiger charge is 2.04. The number of hydrogen-bond donors (Lipinski definition) is 2. The molecular weight excluding hydrogens is 220 g/mol. The normalized spacial score (nSPS) is 10.2. The molecule has 0 aliphatic heterocycles. The maximum Gasteiger partial charge on any atom is 0.335 e. The Kier molecular flexibility index (Phi) is 3.04. The van der Waals surface area contributed by atoms with Crippen LogP contribution in [0.25, 0.3) is 0 Å². The largest absolute Gasteiger partial charge is 0.478 e. The van der Waals surface area contributed by atoms with Crippen LogP contribution >= 0.6 is 0 Å². The van der Waals surface area contributed by atoms with Crippen LogP contribution in [0.4, 0.5) is 5.82 Å². The molecule has 0 amide bonds. The number of hydrogen-bond acceptors (Lipinski definition) is 4. The number of carboxylic acids is 1. The van der Waals surface area contributed by atoms with Crippen molar-refractivity contribution < 1.29 is 9.90 Å². The van der Waals surface area contributed by atoms with Crippen LogP contribution in [0.15, 0.2) is 30.6 Å². The molecule has 2 aromatic rings. The van der Waals surface area contributed by atoms with Crippen molar-refractivity contribution in [3.8, 4) is 0 Å². The molecule has 0 spiro atoms.